The van der Waals surface area contributed by atoms with Crippen LogP contribution in [0, 0.1) is 5.41 Å². The lowest BCUT2D eigenvalue weighted by Crippen LogP contribution is -2.49. The first-order chi connectivity index (χ1) is 12.3. The van der Waals surface area contributed by atoms with Crippen molar-refractivity contribution >= 4 is 41.3 Å². The Labute approximate surface area is 156 Å². The topological polar surface area (TPSA) is 128 Å². The number of ketones is 1. The summed E-state index contributed by atoms with van der Waals surface area (Å²) in [6.45, 7) is 1.23. The van der Waals surface area contributed by atoms with Gasteiger partial charge in [-0.3, -0.25) is 19.2 Å². The molecule has 0 aliphatic carbocycles. The Hall–Kier alpha value is -2.74. The molecule has 0 unspecified atom stereocenters. The smallest absolute Gasteiger partial charge is 0.242 e. The van der Waals surface area contributed by atoms with Crippen molar-refractivity contribution in [1.29, 1.82) is 5.41 Å². The van der Waals surface area contributed by atoms with Crippen LogP contribution in [0.4, 0.5) is 0 Å². The Morgan fingerprint density at radius 2 is 1.81 bits per heavy atom. The van der Waals surface area contributed by atoms with Crippen LogP contribution in [-0.2, 0) is 25.7 Å². The molecule has 0 saturated carbocycles. The molecule has 1 rings (SSSR count). The summed E-state index contributed by atoms with van der Waals surface area (Å²) in [6, 6.07) is 5.95. The lowest BCUT2D eigenvalue weighted by Gasteiger charge is -2.18. The second-order valence-corrected chi connectivity index (χ2v) is 5.96. The van der Waals surface area contributed by atoms with Crippen molar-refractivity contribution in [3.8, 4) is 0 Å². The molecule has 0 fully saturated rings. The molecule has 0 aliphatic heterocycles. The van der Waals surface area contributed by atoms with Gasteiger partial charge in [0.2, 0.25) is 17.7 Å². The van der Waals surface area contributed by atoms with Crippen LogP contribution in [0.15, 0.2) is 24.3 Å². The van der Waals surface area contributed by atoms with E-state index in [2.05, 4.69) is 16.0 Å². The van der Waals surface area contributed by atoms with Crippen molar-refractivity contribution < 1.29 is 19.2 Å². The van der Waals surface area contributed by atoms with E-state index < -0.39 is 23.6 Å². The summed E-state index contributed by atoms with van der Waals surface area (Å²) in [6.07, 6.45) is 0.664. The zero-order valence-corrected chi connectivity index (χ0v) is 15.1. The maximum atomic E-state index is 12.4. The molecule has 1 aromatic rings. The van der Waals surface area contributed by atoms with Crippen LogP contribution in [0.2, 0.25) is 5.02 Å². The molecule has 0 bridgehead atoms. The van der Waals surface area contributed by atoms with Crippen LogP contribution in [0.1, 0.15) is 25.3 Å². The van der Waals surface area contributed by atoms with Crippen LogP contribution < -0.4 is 16.0 Å². The average molecular weight is 381 g/mol. The zero-order valence-electron chi connectivity index (χ0n) is 14.3. The lowest BCUT2D eigenvalue weighted by molar-refractivity contribution is -0.129. The summed E-state index contributed by atoms with van der Waals surface area (Å²) in [4.78, 5) is 46.3. The number of carbonyl (C=O) groups excluding carboxylic acids is 4. The van der Waals surface area contributed by atoms with Crippen molar-refractivity contribution in [2.24, 2.45) is 0 Å². The molecular weight excluding hydrogens is 360 g/mol. The van der Waals surface area contributed by atoms with E-state index in [1.54, 1.807) is 24.3 Å². The molecule has 1 aromatic carbocycles. The van der Waals surface area contributed by atoms with Gasteiger partial charge in [-0.2, -0.15) is 0 Å². The van der Waals surface area contributed by atoms with E-state index in [9.17, 15) is 19.2 Å². The van der Waals surface area contributed by atoms with Crippen molar-refractivity contribution in [2.45, 2.75) is 32.4 Å². The van der Waals surface area contributed by atoms with Gasteiger partial charge in [0.25, 0.3) is 0 Å². The van der Waals surface area contributed by atoms with Gasteiger partial charge in [0.1, 0.15) is 6.04 Å². The van der Waals surface area contributed by atoms with E-state index in [-0.39, 0.29) is 31.8 Å². The normalized spacial score (nSPS) is 11.2. The number of nitrogens with one attached hydrogen (secondary N) is 4. The fraction of sp³-hybridized carbons (Fsp3) is 0.353. The Balaban J connectivity index is 2.65. The predicted molar refractivity (Wildman–Crippen MR) is 96.9 cm³/mol. The fourth-order valence-electron chi connectivity index (χ4n) is 1.99. The first kappa shape index (κ1) is 21.3. The Bertz CT molecular complexity index is 676. The highest BCUT2D eigenvalue weighted by atomic mass is 35.5. The quantitative estimate of drug-likeness (QED) is 0.442. The predicted octanol–water partition coefficient (Wildman–Crippen LogP) is 0.576. The largest absolute Gasteiger partial charge is 0.350 e. The third-order valence-electron chi connectivity index (χ3n) is 3.37. The summed E-state index contributed by atoms with van der Waals surface area (Å²) in [5, 5.41) is 15.0. The minimum atomic E-state index is -0.951. The van der Waals surface area contributed by atoms with Crippen LogP contribution in [-0.4, -0.2) is 42.3 Å². The molecule has 1 atom stereocenters. The number of halogens is 1. The van der Waals surface area contributed by atoms with Gasteiger partial charge in [-0.05, 0) is 24.1 Å². The number of carbonyl (C=O) groups is 4. The van der Waals surface area contributed by atoms with Gasteiger partial charge in [-0.25, -0.2) is 0 Å². The Kier molecular flexibility index (Phi) is 9.00. The number of hydrogen-bond acceptors (Lipinski definition) is 5. The second-order valence-electron chi connectivity index (χ2n) is 5.52. The third kappa shape index (κ3) is 8.39. The third-order valence-corrected chi connectivity index (χ3v) is 3.62. The first-order valence-electron chi connectivity index (χ1n) is 7.91. The highest BCUT2D eigenvalue weighted by Gasteiger charge is 2.21. The highest BCUT2D eigenvalue weighted by molar-refractivity contribution is 6.30. The SMILES string of the molecule is CC(=O)NCC(=O)N[C@@H](CCC(=O)C=N)C(=O)NCc1ccc(Cl)cc1. The molecule has 0 radical (unpaired) electrons. The maximum absolute atomic E-state index is 12.4. The molecule has 4 N–H and O–H groups in total. The summed E-state index contributed by atoms with van der Waals surface area (Å²) in [5.74, 6) is -1.83. The van der Waals surface area contributed by atoms with E-state index in [4.69, 9.17) is 17.0 Å². The Morgan fingerprint density at radius 1 is 1.15 bits per heavy atom. The number of hydrogen-bond donors (Lipinski definition) is 4. The highest BCUT2D eigenvalue weighted by Crippen LogP contribution is 2.09. The summed E-state index contributed by atoms with van der Waals surface area (Å²) < 4.78 is 0. The molecule has 0 aliphatic rings. The van der Waals surface area contributed by atoms with Gasteiger partial charge < -0.3 is 21.4 Å². The van der Waals surface area contributed by atoms with Gasteiger partial charge in [-0.1, -0.05) is 23.7 Å². The summed E-state index contributed by atoms with van der Waals surface area (Å²) in [5.41, 5.74) is 0.821. The monoisotopic (exact) mass is 380 g/mol. The minimum Gasteiger partial charge on any atom is -0.350 e. The van der Waals surface area contributed by atoms with E-state index in [1.165, 1.54) is 6.92 Å². The Morgan fingerprint density at radius 3 is 2.38 bits per heavy atom. The minimum absolute atomic E-state index is 0.0481. The molecule has 26 heavy (non-hydrogen) atoms. The van der Waals surface area contributed by atoms with Gasteiger partial charge in [-0.15, -0.1) is 0 Å². The van der Waals surface area contributed by atoms with Crippen molar-refractivity contribution in [2.75, 3.05) is 6.54 Å². The van der Waals surface area contributed by atoms with E-state index >= 15 is 0 Å². The van der Waals surface area contributed by atoms with E-state index in [0.29, 0.717) is 11.2 Å². The number of rotatable bonds is 10. The van der Waals surface area contributed by atoms with Crippen molar-refractivity contribution in [1.82, 2.24) is 16.0 Å². The standard InChI is InChI=1S/C17H21ClN4O4/c1-11(23)20-10-16(25)22-15(7-6-14(24)8-19)17(26)21-9-12-2-4-13(18)5-3-12/h2-5,8,15,19H,6-7,9-10H2,1H3,(H,20,23)(H,21,26)(H,22,25)/t15-/m0/s1. The molecule has 8 nitrogen and oxygen atoms in total. The van der Waals surface area contributed by atoms with Gasteiger partial charge in [0.15, 0.2) is 5.78 Å². The molecule has 0 heterocycles. The lowest BCUT2D eigenvalue weighted by atomic mass is 10.1. The number of Topliss-reactive ketones (excluding diaryl/α,β-unsaturated/α-hetero) is 1. The summed E-state index contributed by atoms with van der Waals surface area (Å²) >= 11 is 5.80. The van der Waals surface area contributed by atoms with Crippen LogP contribution in [0.25, 0.3) is 0 Å². The summed E-state index contributed by atoms with van der Waals surface area (Å²) in [7, 11) is 0. The molecule has 9 heteroatoms. The maximum Gasteiger partial charge on any atom is 0.242 e. The van der Waals surface area contributed by atoms with Crippen molar-refractivity contribution in [3.05, 3.63) is 34.9 Å². The van der Waals surface area contributed by atoms with Crippen LogP contribution >= 0.6 is 11.6 Å². The van der Waals surface area contributed by atoms with E-state index in [0.717, 1.165) is 5.56 Å². The molecule has 0 spiro atoms. The molecule has 140 valence electrons. The molecular formula is C17H21ClN4O4. The van der Waals surface area contributed by atoms with E-state index in [1.807, 2.05) is 0 Å². The van der Waals surface area contributed by atoms with Gasteiger partial charge in [0.05, 0.1) is 12.8 Å². The van der Waals surface area contributed by atoms with Gasteiger partial charge in [0, 0.05) is 24.9 Å². The number of amides is 3. The molecule has 0 saturated heterocycles. The molecule has 3 amide bonds. The van der Waals surface area contributed by atoms with Crippen LogP contribution in [0.5, 0.6) is 0 Å². The fourth-order valence-corrected chi connectivity index (χ4v) is 2.12. The average Bonchev–Trinajstić information content (AvgIpc) is 2.62. The van der Waals surface area contributed by atoms with Gasteiger partial charge >= 0.3 is 0 Å². The first-order valence-corrected chi connectivity index (χ1v) is 8.29. The number of benzene rings is 1. The van der Waals surface area contributed by atoms with Crippen LogP contribution in [0.3, 0.4) is 0 Å². The van der Waals surface area contributed by atoms with Crippen molar-refractivity contribution in [3.63, 3.8) is 0 Å². The molecule has 0 aromatic heterocycles. The second kappa shape index (κ2) is 11.0. The zero-order chi connectivity index (χ0) is 19.5.